The van der Waals surface area contributed by atoms with E-state index in [0.29, 0.717) is 17.8 Å². The molecule has 0 atom stereocenters. The van der Waals surface area contributed by atoms with Gasteiger partial charge in [0, 0.05) is 48.5 Å². The smallest absolute Gasteiger partial charge is 0.253 e. The molecule has 1 amide bonds. The number of H-pyrrole nitrogens is 1. The number of carbonyl (C=O) groups is 1. The molecule has 0 aliphatic rings. The molecule has 4 aromatic rings. The summed E-state index contributed by atoms with van der Waals surface area (Å²) in [5, 5.41) is 14.5. The summed E-state index contributed by atoms with van der Waals surface area (Å²) in [6.45, 7) is 1.37. The van der Waals surface area contributed by atoms with Crippen LogP contribution in [0, 0.1) is 0 Å². The third-order valence-corrected chi connectivity index (χ3v) is 5.50. The van der Waals surface area contributed by atoms with Gasteiger partial charge in [-0.15, -0.1) is 0 Å². The molecule has 8 heteroatoms. The molecule has 0 aliphatic carbocycles. The molecule has 0 fully saturated rings. The fraction of sp³-hybridized carbons (Fsp3) is 0.240. The minimum absolute atomic E-state index is 0.102. The Labute approximate surface area is 193 Å². The number of nitrogens with one attached hydrogen (secondary N) is 3. The van der Waals surface area contributed by atoms with Crippen molar-refractivity contribution in [1.82, 2.24) is 25.4 Å². The van der Waals surface area contributed by atoms with Crippen molar-refractivity contribution in [2.75, 3.05) is 46.7 Å². The summed E-state index contributed by atoms with van der Waals surface area (Å²) >= 11 is 0. The van der Waals surface area contributed by atoms with Crippen LogP contribution in [-0.4, -0.2) is 67.3 Å². The van der Waals surface area contributed by atoms with Crippen molar-refractivity contribution in [2.24, 2.45) is 0 Å². The maximum Gasteiger partial charge on any atom is 0.253 e. The Kier molecular flexibility index (Phi) is 6.55. The second-order valence-corrected chi connectivity index (χ2v) is 7.96. The van der Waals surface area contributed by atoms with Gasteiger partial charge in [-0.05, 0) is 50.0 Å². The molecule has 0 bridgehead atoms. The monoisotopic (exact) mass is 444 g/mol. The van der Waals surface area contributed by atoms with Crippen LogP contribution in [0.4, 0.5) is 5.69 Å². The number of methoxy groups -OCH3 is 1. The van der Waals surface area contributed by atoms with Crippen LogP contribution >= 0.6 is 0 Å². The van der Waals surface area contributed by atoms with Gasteiger partial charge in [0.25, 0.3) is 5.91 Å². The van der Waals surface area contributed by atoms with Crippen molar-refractivity contribution in [3.05, 3.63) is 60.3 Å². The van der Waals surface area contributed by atoms with Crippen LogP contribution in [0.2, 0.25) is 0 Å². The Balaban J connectivity index is 1.68. The zero-order chi connectivity index (χ0) is 23.4. The van der Waals surface area contributed by atoms with Gasteiger partial charge in [0.2, 0.25) is 0 Å². The second-order valence-electron chi connectivity index (χ2n) is 7.96. The lowest BCUT2D eigenvalue weighted by Crippen LogP contribution is -2.31. The van der Waals surface area contributed by atoms with Crippen molar-refractivity contribution >= 4 is 22.6 Å². The van der Waals surface area contributed by atoms with Crippen molar-refractivity contribution in [2.45, 2.75) is 0 Å². The minimum atomic E-state index is -0.102. The zero-order valence-corrected chi connectivity index (χ0v) is 19.3. The van der Waals surface area contributed by atoms with Crippen molar-refractivity contribution in [3.63, 3.8) is 0 Å². The summed E-state index contributed by atoms with van der Waals surface area (Å²) in [6, 6.07) is 15.6. The standard InChI is InChI=1S/C25H28N6O2/c1-26-21-14-16(9-10-18(21)25(32)27-11-12-31(2)3)17-13-20-23(29-30-24(20)28-15-17)19-7-5-6-8-22(19)33-4/h5-10,13-15,26H,11-12H2,1-4H3,(H,27,32)(H,28,29,30). The number of hydrogen-bond acceptors (Lipinski definition) is 6. The summed E-state index contributed by atoms with van der Waals surface area (Å²) in [5.41, 5.74) is 5.64. The fourth-order valence-electron chi connectivity index (χ4n) is 3.73. The average Bonchev–Trinajstić information content (AvgIpc) is 3.26. The molecule has 4 rings (SSSR count). The highest BCUT2D eigenvalue weighted by molar-refractivity contribution is 6.01. The number of amides is 1. The molecular weight excluding hydrogens is 416 g/mol. The van der Waals surface area contributed by atoms with Crippen LogP contribution in [0.3, 0.4) is 0 Å². The van der Waals surface area contributed by atoms with E-state index in [1.54, 1.807) is 13.3 Å². The van der Waals surface area contributed by atoms with Crippen LogP contribution < -0.4 is 15.4 Å². The topological polar surface area (TPSA) is 95.2 Å². The third kappa shape index (κ3) is 4.65. The van der Waals surface area contributed by atoms with Gasteiger partial charge in [-0.2, -0.15) is 5.10 Å². The third-order valence-electron chi connectivity index (χ3n) is 5.50. The van der Waals surface area contributed by atoms with Gasteiger partial charge < -0.3 is 20.3 Å². The van der Waals surface area contributed by atoms with Gasteiger partial charge >= 0.3 is 0 Å². The van der Waals surface area contributed by atoms with E-state index in [2.05, 4.69) is 31.9 Å². The Morgan fingerprint density at radius 3 is 2.70 bits per heavy atom. The first-order valence-electron chi connectivity index (χ1n) is 10.7. The van der Waals surface area contributed by atoms with E-state index in [4.69, 9.17) is 4.74 Å². The summed E-state index contributed by atoms with van der Waals surface area (Å²) < 4.78 is 5.52. The Morgan fingerprint density at radius 2 is 1.94 bits per heavy atom. The van der Waals surface area contributed by atoms with Crippen molar-refractivity contribution in [3.8, 4) is 28.1 Å². The van der Waals surface area contributed by atoms with Crippen LogP contribution in [0.25, 0.3) is 33.4 Å². The Bertz CT molecular complexity index is 1280. The number of anilines is 1. The second kappa shape index (κ2) is 9.70. The normalized spacial score (nSPS) is 11.1. The van der Waals surface area contributed by atoms with Crippen LogP contribution in [-0.2, 0) is 0 Å². The van der Waals surface area contributed by atoms with Gasteiger partial charge in [0.1, 0.15) is 5.75 Å². The van der Waals surface area contributed by atoms with E-state index in [9.17, 15) is 4.79 Å². The highest BCUT2D eigenvalue weighted by Gasteiger charge is 2.16. The Morgan fingerprint density at radius 1 is 1.12 bits per heavy atom. The van der Waals surface area contributed by atoms with E-state index in [-0.39, 0.29) is 5.91 Å². The molecule has 0 unspecified atom stereocenters. The molecule has 2 aromatic carbocycles. The lowest BCUT2D eigenvalue weighted by Gasteiger charge is -2.14. The van der Waals surface area contributed by atoms with E-state index in [1.807, 2.05) is 68.5 Å². The number of carbonyl (C=O) groups excluding carboxylic acids is 1. The predicted octanol–water partition coefficient (Wildman–Crippen LogP) is 3.63. The SMILES string of the molecule is CNc1cc(-c2cnc3n[nH]c(-c4ccccc4OC)c3c2)ccc1C(=O)NCCN(C)C. The summed E-state index contributed by atoms with van der Waals surface area (Å²) in [7, 11) is 7.42. The highest BCUT2D eigenvalue weighted by Crippen LogP contribution is 2.35. The fourth-order valence-corrected chi connectivity index (χ4v) is 3.73. The molecule has 3 N–H and O–H groups in total. The van der Waals surface area contributed by atoms with Gasteiger partial charge in [-0.1, -0.05) is 18.2 Å². The minimum Gasteiger partial charge on any atom is -0.496 e. The predicted molar refractivity (Wildman–Crippen MR) is 132 cm³/mol. The van der Waals surface area contributed by atoms with Crippen LogP contribution in [0.15, 0.2) is 54.7 Å². The van der Waals surface area contributed by atoms with Gasteiger partial charge in [-0.3, -0.25) is 9.89 Å². The van der Waals surface area contributed by atoms with Crippen LogP contribution in [0.1, 0.15) is 10.4 Å². The first-order valence-corrected chi connectivity index (χ1v) is 10.7. The lowest BCUT2D eigenvalue weighted by molar-refractivity contribution is 0.0952. The number of benzene rings is 2. The largest absolute Gasteiger partial charge is 0.496 e. The molecule has 33 heavy (non-hydrogen) atoms. The highest BCUT2D eigenvalue weighted by atomic mass is 16.5. The molecule has 0 radical (unpaired) electrons. The molecule has 2 heterocycles. The lowest BCUT2D eigenvalue weighted by atomic mass is 10.0. The zero-order valence-electron chi connectivity index (χ0n) is 19.3. The quantitative estimate of drug-likeness (QED) is 0.384. The maximum atomic E-state index is 12.6. The molecule has 8 nitrogen and oxygen atoms in total. The first kappa shape index (κ1) is 22.3. The number of pyridine rings is 1. The number of rotatable bonds is 8. The summed E-state index contributed by atoms with van der Waals surface area (Å²) in [4.78, 5) is 19.2. The first-order chi connectivity index (χ1) is 16.0. The van der Waals surface area contributed by atoms with Crippen molar-refractivity contribution < 1.29 is 9.53 Å². The van der Waals surface area contributed by atoms with Gasteiger partial charge in [0.15, 0.2) is 5.65 Å². The van der Waals surface area contributed by atoms with E-state index < -0.39 is 0 Å². The number of ether oxygens (including phenoxy) is 1. The number of fused-ring (bicyclic) bond motifs is 1. The number of aromatic nitrogens is 3. The van der Waals surface area contributed by atoms with Crippen LogP contribution in [0.5, 0.6) is 5.75 Å². The molecule has 0 saturated heterocycles. The van der Waals surface area contributed by atoms with E-state index in [0.717, 1.165) is 45.8 Å². The number of para-hydroxylation sites is 1. The Hall–Kier alpha value is -3.91. The van der Waals surface area contributed by atoms with Gasteiger partial charge in [0.05, 0.1) is 18.4 Å². The molecular formula is C25H28N6O2. The maximum absolute atomic E-state index is 12.6. The molecule has 0 aliphatic heterocycles. The van der Waals surface area contributed by atoms with E-state index in [1.165, 1.54) is 0 Å². The molecule has 0 spiro atoms. The number of aromatic amines is 1. The molecule has 0 saturated carbocycles. The van der Waals surface area contributed by atoms with Gasteiger partial charge in [-0.25, -0.2) is 4.98 Å². The summed E-state index contributed by atoms with van der Waals surface area (Å²) in [5.74, 6) is 0.658. The average molecular weight is 445 g/mol. The number of nitrogens with zero attached hydrogens (tertiary/aromatic N) is 3. The van der Waals surface area contributed by atoms with E-state index >= 15 is 0 Å². The molecule has 2 aromatic heterocycles. The van der Waals surface area contributed by atoms with Crippen molar-refractivity contribution in [1.29, 1.82) is 0 Å². The number of likely N-dealkylation sites (N-methyl/N-ethyl adjacent to an activating group) is 1. The summed E-state index contributed by atoms with van der Waals surface area (Å²) in [6.07, 6.45) is 1.79. The molecule has 170 valence electrons. The number of hydrogen-bond donors (Lipinski definition) is 3.